The smallest absolute Gasteiger partial charge is 0.325 e. The van der Waals surface area contributed by atoms with Crippen molar-refractivity contribution in [2.24, 2.45) is 0 Å². The Bertz CT molecular complexity index is 194. The van der Waals surface area contributed by atoms with E-state index in [1.807, 2.05) is 27.7 Å². The first-order valence-corrected chi connectivity index (χ1v) is 5.40. The van der Waals surface area contributed by atoms with E-state index in [1.165, 1.54) is 7.11 Å². The van der Waals surface area contributed by atoms with E-state index in [2.05, 4.69) is 5.32 Å². The summed E-state index contributed by atoms with van der Waals surface area (Å²) in [6.45, 7) is 9.01. The average Bonchev–Trinajstić information content (AvgIpc) is 2.15. The van der Waals surface area contributed by atoms with Crippen molar-refractivity contribution in [3.63, 3.8) is 0 Å². The molecule has 1 atom stereocenters. The summed E-state index contributed by atoms with van der Waals surface area (Å²) in [7, 11) is 1.41. The second kappa shape index (κ2) is 6.80. The Labute approximate surface area is 92.3 Å². The van der Waals surface area contributed by atoms with E-state index in [0.29, 0.717) is 19.6 Å². The molecular formula is C11H23NO3. The third kappa shape index (κ3) is 5.14. The maximum atomic E-state index is 11.6. The Kier molecular flexibility index (Phi) is 6.52. The van der Waals surface area contributed by atoms with Crippen LogP contribution >= 0.6 is 0 Å². The van der Waals surface area contributed by atoms with Gasteiger partial charge >= 0.3 is 5.97 Å². The van der Waals surface area contributed by atoms with Gasteiger partial charge < -0.3 is 9.47 Å². The second-order valence-corrected chi connectivity index (χ2v) is 4.07. The van der Waals surface area contributed by atoms with Gasteiger partial charge in [-0.1, -0.05) is 0 Å². The van der Waals surface area contributed by atoms with Gasteiger partial charge in [0.15, 0.2) is 0 Å². The predicted octanol–water partition coefficient (Wildman–Crippen LogP) is 1.34. The normalized spacial score (nSPS) is 15.1. The molecule has 0 aromatic carbocycles. The van der Waals surface area contributed by atoms with Crippen molar-refractivity contribution in [3.8, 4) is 0 Å². The number of methoxy groups -OCH3 is 1. The van der Waals surface area contributed by atoms with Gasteiger partial charge in [0.25, 0.3) is 0 Å². The quantitative estimate of drug-likeness (QED) is 0.516. The number of hydrogen-bond acceptors (Lipinski definition) is 4. The van der Waals surface area contributed by atoms with Gasteiger partial charge in [0.2, 0.25) is 0 Å². The van der Waals surface area contributed by atoms with Gasteiger partial charge in [-0.25, -0.2) is 0 Å². The van der Waals surface area contributed by atoms with Crippen molar-refractivity contribution >= 4 is 5.97 Å². The molecule has 0 rings (SSSR count). The van der Waals surface area contributed by atoms with Crippen LogP contribution in [0.1, 0.15) is 34.1 Å². The molecular weight excluding hydrogens is 194 g/mol. The molecule has 15 heavy (non-hydrogen) atoms. The lowest BCUT2D eigenvalue weighted by molar-refractivity contribution is -0.149. The maximum Gasteiger partial charge on any atom is 0.325 e. The highest BCUT2D eigenvalue weighted by atomic mass is 16.5. The first-order chi connectivity index (χ1) is 6.96. The molecule has 0 heterocycles. The molecule has 0 aromatic heterocycles. The molecule has 0 aromatic rings. The topological polar surface area (TPSA) is 47.6 Å². The highest BCUT2D eigenvalue weighted by Crippen LogP contribution is 2.13. The van der Waals surface area contributed by atoms with Crippen LogP contribution in [0.3, 0.4) is 0 Å². The Hall–Kier alpha value is -0.610. The second-order valence-electron chi connectivity index (χ2n) is 4.07. The van der Waals surface area contributed by atoms with Gasteiger partial charge in [-0.2, -0.15) is 0 Å². The molecule has 4 heteroatoms. The number of rotatable bonds is 7. The summed E-state index contributed by atoms with van der Waals surface area (Å²) in [6.07, 6.45) is 0.617. The molecule has 0 spiro atoms. The molecule has 4 nitrogen and oxygen atoms in total. The number of ether oxygens (including phenoxy) is 2. The molecule has 1 N–H and O–H groups in total. The molecule has 0 aliphatic carbocycles. The summed E-state index contributed by atoms with van der Waals surface area (Å²) in [5, 5.41) is 3.21. The van der Waals surface area contributed by atoms with Crippen LogP contribution in [0.25, 0.3) is 0 Å². The molecule has 0 radical (unpaired) electrons. The zero-order chi connectivity index (χ0) is 11.9. The van der Waals surface area contributed by atoms with E-state index in [0.717, 1.165) is 0 Å². The summed E-state index contributed by atoms with van der Waals surface area (Å²) >= 11 is 0. The monoisotopic (exact) mass is 217 g/mol. The lowest BCUT2D eigenvalue weighted by Crippen LogP contribution is -2.53. The van der Waals surface area contributed by atoms with Crippen LogP contribution in [0.15, 0.2) is 0 Å². The molecule has 0 saturated carbocycles. The highest BCUT2D eigenvalue weighted by molar-refractivity contribution is 5.80. The first kappa shape index (κ1) is 14.4. The Balaban J connectivity index is 4.33. The Morgan fingerprint density at radius 3 is 2.47 bits per heavy atom. The number of carbonyl (C=O) groups excluding carboxylic acids is 1. The molecule has 1 unspecified atom stereocenters. The van der Waals surface area contributed by atoms with Crippen LogP contribution in [0.4, 0.5) is 0 Å². The summed E-state index contributed by atoms with van der Waals surface area (Å²) in [6, 6.07) is 0.232. The van der Waals surface area contributed by atoms with Crippen LogP contribution < -0.4 is 5.32 Å². The molecule has 0 bridgehead atoms. The van der Waals surface area contributed by atoms with Crippen LogP contribution in [0.5, 0.6) is 0 Å². The third-order valence-electron chi connectivity index (χ3n) is 2.19. The minimum atomic E-state index is -0.655. The van der Waals surface area contributed by atoms with Crippen LogP contribution in [-0.2, 0) is 14.3 Å². The van der Waals surface area contributed by atoms with Crippen molar-refractivity contribution in [3.05, 3.63) is 0 Å². The van der Waals surface area contributed by atoms with Gasteiger partial charge in [0, 0.05) is 19.3 Å². The van der Waals surface area contributed by atoms with Crippen molar-refractivity contribution in [2.45, 2.75) is 45.7 Å². The van der Waals surface area contributed by atoms with E-state index in [1.54, 1.807) is 0 Å². The number of esters is 1. The van der Waals surface area contributed by atoms with Crippen molar-refractivity contribution < 1.29 is 14.3 Å². The van der Waals surface area contributed by atoms with E-state index in [4.69, 9.17) is 9.47 Å². The number of nitrogens with one attached hydrogen (secondary N) is 1. The lowest BCUT2D eigenvalue weighted by atomic mass is 9.97. The SMILES string of the molecule is CCOCCC(C)(NC(C)C)C(=O)OC. The summed E-state index contributed by atoms with van der Waals surface area (Å²) < 4.78 is 10.0. The number of hydrogen-bond donors (Lipinski definition) is 1. The van der Waals surface area contributed by atoms with Gasteiger partial charge in [-0.15, -0.1) is 0 Å². The zero-order valence-electron chi connectivity index (χ0n) is 10.4. The maximum absolute atomic E-state index is 11.6. The zero-order valence-corrected chi connectivity index (χ0v) is 10.4. The van der Waals surface area contributed by atoms with Gasteiger partial charge in [-0.3, -0.25) is 10.1 Å². The molecule has 0 fully saturated rings. The van der Waals surface area contributed by atoms with Crippen LogP contribution in [0.2, 0.25) is 0 Å². The van der Waals surface area contributed by atoms with E-state index >= 15 is 0 Å². The van der Waals surface area contributed by atoms with Crippen molar-refractivity contribution in [1.82, 2.24) is 5.32 Å². The fourth-order valence-corrected chi connectivity index (χ4v) is 1.52. The van der Waals surface area contributed by atoms with Gasteiger partial charge in [0.1, 0.15) is 5.54 Å². The molecule has 0 aliphatic rings. The molecule has 0 aliphatic heterocycles. The van der Waals surface area contributed by atoms with Crippen molar-refractivity contribution in [2.75, 3.05) is 20.3 Å². The standard InChI is InChI=1S/C11H23NO3/c1-6-15-8-7-11(4,10(13)14-5)12-9(2)3/h9,12H,6-8H2,1-5H3. The van der Waals surface area contributed by atoms with E-state index in [-0.39, 0.29) is 12.0 Å². The Morgan fingerprint density at radius 1 is 1.47 bits per heavy atom. The largest absolute Gasteiger partial charge is 0.468 e. The summed E-state index contributed by atoms with van der Waals surface area (Å²) in [5.74, 6) is -0.240. The summed E-state index contributed by atoms with van der Waals surface area (Å²) in [5.41, 5.74) is -0.655. The predicted molar refractivity (Wildman–Crippen MR) is 59.8 cm³/mol. The van der Waals surface area contributed by atoms with E-state index < -0.39 is 5.54 Å². The lowest BCUT2D eigenvalue weighted by Gasteiger charge is -2.30. The first-order valence-electron chi connectivity index (χ1n) is 5.40. The average molecular weight is 217 g/mol. The minimum absolute atomic E-state index is 0.232. The Morgan fingerprint density at radius 2 is 2.07 bits per heavy atom. The minimum Gasteiger partial charge on any atom is -0.468 e. The molecule has 0 saturated heterocycles. The fraction of sp³-hybridized carbons (Fsp3) is 0.909. The molecule has 0 amide bonds. The highest BCUT2D eigenvalue weighted by Gasteiger charge is 2.34. The third-order valence-corrected chi connectivity index (χ3v) is 2.19. The van der Waals surface area contributed by atoms with Crippen molar-refractivity contribution in [1.29, 1.82) is 0 Å². The van der Waals surface area contributed by atoms with Gasteiger partial charge in [0.05, 0.1) is 7.11 Å². The number of carbonyl (C=O) groups is 1. The van der Waals surface area contributed by atoms with E-state index in [9.17, 15) is 4.79 Å². The summed E-state index contributed by atoms with van der Waals surface area (Å²) in [4.78, 5) is 11.6. The fourth-order valence-electron chi connectivity index (χ4n) is 1.52. The molecule has 90 valence electrons. The van der Waals surface area contributed by atoms with Crippen LogP contribution in [0, 0.1) is 0 Å². The van der Waals surface area contributed by atoms with Gasteiger partial charge in [-0.05, 0) is 34.1 Å². The van der Waals surface area contributed by atoms with Crippen LogP contribution in [-0.4, -0.2) is 37.9 Å².